The highest BCUT2D eigenvalue weighted by Gasteiger charge is 2.47. The third-order valence-electron chi connectivity index (χ3n) is 13.7. The number of hydroxylamine groups is 1. The summed E-state index contributed by atoms with van der Waals surface area (Å²) in [4.78, 5) is 35.3. The van der Waals surface area contributed by atoms with E-state index < -0.39 is 39.6 Å². The monoisotopic (exact) mass is 904 g/mol. The lowest BCUT2D eigenvalue weighted by Gasteiger charge is -2.38. The van der Waals surface area contributed by atoms with E-state index in [1.807, 2.05) is 0 Å². The Balaban J connectivity index is 0.801. The van der Waals surface area contributed by atoms with Crippen molar-refractivity contribution >= 4 is 69.4 Å². The molecule has 6 rings (SSSR count). The predicted molar refractivity (Wildman–Crippen MR) is 220 cm³/mol. The zero-order valence-electron chi connectivity index (χ0n) is 32.9. The molecule has 0 radical (unpaired) electrons. The molecular weight excluding hydrogens is 842 g/mol. The van der Waals surface area contributed by atoms with E-state index in [0.29, 0.717) is 19.4 Å². The molecule has 0 aliphatic heterocycles. The minimum Gasteiger partial charge on any atom is -0.481 e. The van der Waals surface area contributed by atoms with Crippen LogP contribution < -0.4 is 10.8 Å². The number of aliphatic carboxylic acids is 1. The van der Waals surface area contributed by atoms with E-state index >= 15 is 0 Å². The molecule has 4 N–H and O–H groups in total. The Labute approximate surface area is 360 Å². The minimum atomic E-state index is -1.32. The summed E-state index contributed by atoms with van der Waals surface area (Å²) in [6, 6.07) is 0.224. The first kappa shape index (κ1) is 46.5. The summed E-state index contributed by atoms with van der Waals surface area (Å²) in [5, 5.41) is 20.5. The maximum Gasteiger partial charge on any atom is 0.308 e. The van der Waals surface area contributed by atoms with E-state index in [2.05, 4.69) is 15.7 Å². The molecule has 0 saturated heterocycles. The normalized spacial score (nSPS) is 42.5. The summed E-state index contributed by atoms with van der Waals surface area (Å²) in [5.41, 5.74) is 3.24. The van der Waals surface area contributed by atoms with E-state index in [9.17, 15) is 18.9 Å². The van der Waals surface area contributed by atoms with E-state index in [1.165, 1.54) is 0 Å². The summed E-state index contributed by atoms with van der Waals surface area (Å²) >= 11 is 24.5. The number of amides is 1. The number of rotatable bonds is 16. The van der Waals surface area contributed by atoms with Gasteiger partial charge in [-0.3, -0.25) is 19.0 Å². The number of ether oxygens (including phenoxy) is 2. The second-order valence-electron chi connectivity index (χ2n) is 17.5. The first-order chi connectivity index (χ1) is 27.5. The van der Waals surface area contributed by atoms with Gasteiger partial charge in [0, 0.05) is 45.4 Å². The lowest BCUT2D eigenvalue weighted by molar-refractivity contribution is -0.256. The molecule has 0 aromatic heterocycles. The molecule has 0 aromatic carbocycles. The number of hydrogen-bond donors (Lipinski definition) is 4. The van der Waals surface area contributed by atoms with Crippen LogP contribution in [0.5, 0.6) is 0 Å². The van der Waals surface area contributed by atoms with Crippen LogP contribution >= 0.6 is 46.4 Å². The van der Waals surface area contributed by atoms with Crippen molar-refractivity contribution in [2.75, 3.05) is 13.2 Å². The molecule has 6 aliphatic rings. The molecule has 6 aliphatic carbocycles. The molecule has 9 atom stereocenters. The highest BCUT2D eigenvalue weighted by Crippen LogP contribution is 2.39. The molecule has 9 unspecified atom stereocenters. The van der Waals surface area contributed by atoms with Crippen molar-refractivity contribution in [3.63, 3.8) is 0 Å². The number of carbonyl (C=O) groups is 2. The Kier molecular flexibility index (Phi) is 18.7. The first-order valence-electron chi connectivity index (χ1n) is 21.6. The lowest BCUT2D eigenvalue weighted by Crippen LogP contribution is -2.51. The third kappa shape index (κ3) is 13.2. The molecule has 6 fully saturated rings. The molecule has 17 heteroatoms. The van der Waals surface area contributed by atoms with Crippen molar-refractivity contribution in [3.8, 4) is 0 Å². The van der Waals surface area contributed by atoms with Gasteiger partial charge in [0.15, 0.2) is 11.1 Å². The van der Waals surface area contributed by atoms with Crippen LogP contribution in [0.1, 0.15) is 128 Å². The molecule has 0 bridgehead atoms. The number of carboxylic acids is 1. The van der Waals surface area contributed by atoms with E-state index in [4.69, 9.17) is 70.2 Å². The average Bonchev–Trinajstić information content (AvgIpc) is 3.20. The largest absolute Gasteiger partial charge is 0.481 e. The van der Waals surface area contributed by atoms with Gasteiger partial charge >= 0.3 is 5.97 Å². The van der Waals surface area contributed by atoms with Crippen LogP contribution in [0.3, 0.4) is 0 Å². The standard InChI is InChI=1S/C40H64Cl4N2O10S/c41-33-17-18-34(42)32(22-53-50)31(33)21-52-46-24-3-7-26(8-4-24)54-27-9-11-29(12-10-27)56-57(51)30-15-13-28(14-16-30)55-25-5-1-23(2-6-25)45-39(47)37-35(43)19-20-36(44)38(37)40(48)49/h23-38,46,50H,1-22H2,(H,45,47)(H,48,49). The lowest BCUT2D eigenvalue weighted by atomic mass is 9.77. The van der Waals surface area contributed by atoms with Gasteiger partial charge in [-0.1, -0.05) is 0 Å². The molecule has 1 amide bonds. The van der Waals surface area contributed by atoms with Crippen LogP contribution in [0.4, 0.5) is 0 Å². The van der Waals surface area contributed by atoms with E-state index in [1.54, 1.807) is 0 Å². The van der Waals surface area contributed by atoms with Crippen LogP contribution in [0.2, 0.25) is 0 Å². The average molecular weight is 907 g/mol. The number of nitrogens with one attached hydrogen (secondary N) is 2. The molecule has 6 saturated carbocycles. The van der Waals surface area contributed by atoms with Gasteiger partial charge in [0.25, 0.3) is 0 Å². The molecule has 0 heterocycles. The van der Waals surface area contributed by atoms with Gasteiger partial charge in [0.2, 0.25) is 5.91 Å². The third-order valence-corrected chi connectivity index (χ3v) is 17.2. The van der Waals surface area contributed by atoms with Gasteiger partial charge in [-0.2, -0.15) is 5.48 Å². The highest BCUT2D eigenvalue weighted by molar-refractivity contribution is 7.80. The zero-order chi connectivity index (χ0) is 40.5. The molecular formula is C40H64Cl4N2O10S. The van der Waals surface area contributed by atoms with E-state index in [-0.39, 0.29) is 83.0 Å². The zero-order valence-corrected chi connectivity index (χ0v) is 36.7. The van der Waals surface area contributed by atoms with Gasteiger partial charge in [-0.25, -0.2) is 9.10 Å². The van der Waals surface area contributed by atoms with Crippen molar-refractivity contribution in [2.24, 2.45) is 23.7 Å². The number of carbonyl (C=O) groups excluding carboxylic acids is 1. The maximum atomic E-state index is 13.3. The SMILES string of the molecule is O=C(O)C1C(Cl)CCC(Cl)C1C(=O)NC1CCC(OC2CCC(S(=O)OC3CCC(OC4CCC(NOCC5C(Cl)CCC(Cl)C5COO)CC4)CC3)CC2)CC1. The summed E-state index contributed by atoms with van der Waals surface area (Å²) in [7, 11) is 0. The quantitative estimate of drug-likeness (QED) is 0.0685. The number of carboxylic acid groups (broad SMARTS) is 1. The van der Waals surface area contributed by atoms with Gasteiger partial charge in [0.1, 0.15) is 0 Å². The van der Waals surface area contributed by atoms with Gasteiger partial charge < -0.3 is 24.7 Å². The van der Waals surface area contributed by atoms with Crippen molar-refractivity contribution in [2.45, 2.75) is 198 Å². The Morgan fingerprint density at radius 1 is 0.561 bits per heavy atom. The Morgan fingerprint density at radius 3 is 1.53 bits per heavy atom. The molecule has 0 aromatic rings. The Morgan fingerprint density at radius 2 is 1.00 bits per heavy atom. The maximum absolute atomic E-state index is 13.3. The van der Waals surface area contributed by atoms with Crippen LogP contribution in [0.15, 0.2) is 0 Å². The second-order valence-corrected chi connectivity index (χ2v) is 21.2. The van der Waals surface area contributed by atoms with Crippen LogP contribution in [-0.4, -0.2) is 109 Å². The fourth-order valence-electron chi connectivity index (χ4n) is 10.2. The van der Waals surface area contributed by atoms with Gasteiger partial charge in [-0.15, -0.1) is 46.4 Å². The smallest absolute Gasteiger partial charge is 0.308 e. The minimum absolute atomic E-state index is 0.00148. The number of hydrogen-bond acceptors (Lipinski definition) is 10. The van der Waals surface area contributed by atoms with Crippen LogP contribution in [0.25, 0.3) is 0 Å². The fourth-order valence-corrected chi connectivity index (χ4v) is 13.0. The van der Waals surface area contributed by atoms with Gasteiger partial charge in [-0.05, 0) is 128 Å². The summed E-state index contributed by atoms with van der Waals surface area (Å²) < 4.78 is 32.4. The molecule has 0 spiro atoms. The van der Waals surface area contributed by atoms with Crippen LogP contribution in [-0.2, 0) is 44.1 Å². The fraction of sp³-hybridized carbons (Fsp3) is 0.950. The summed E-state index contributed by atoms with van der Waals surface area (Å²) in [6.45, 7) is 0.580. The van der Waals surface area contributed by atoms with Crippen LogP contribution in [0, 0.1) is 23.7 Å². The van der Waals surface area contributed by atoms with Crippen molar-refractivity contribution in [1.82, 2.24) is 10.8 Å². The molecule has 328 valence electrons. The molecule has 12 nitrogen and oxygen atoms in total. The highest BCUT2D eigenvalue weighted by atomic mass is 35.5. The topological polar surface area (TPSA) is 162 Å². The summed E-state index contributed by atoms with van der Waals surface area (Å²) in [5.74, 6) is -3.25. The summed E-state index contributed by atoms with van der Waals surface area (Å²) in [6.07, 6.45) is 17.3. The van der Waals surface area contributed by atoms with Gasteiger partial charge in [0.05, 0.1) is 60.8 Å². The van der Waals surface area contributed by atoms with E-state index in [0.717, 1.165) is 116 Å². The van der Waals surface area contributed by atoms with Crippen molar-refractivity contribution in [1.29, 1.82) is 0 Å². The molecule has 57 heavy (non-hydrogen) atoms. The second kappa shape index (κ2) is 22.9. The number of halogens is 4. The first-order valence-corrected chi connectivity index (χ1v) is 24.5. The predicted octanol–water partition coefficient (Wildman–Crippen LogP) is 7.64. The van der Waals surface area contributed by atoms with Crippen molar-refractivity contribution in [3.05, 3.63) is 0 Å². The Bertz CT molecular complexity index is 1280. The van der Waals surface area contributed by atoms with Crippen molar-refractivity contribution < 1.29 is 47.5 Å². The Hall–Kier alpha value is -0.0300. The number of alkyl halides is 4.